The van der Waals surface area contributed by atoms with E-state index in [4.69, 9.17) is 0 Å². The zero-order chi connectivity index (χ0) is 23.6. The Hall–Kier alpha value is -3.43. The van der Waals surface area contributed by atoms with Gasteiger partial charge in [-0.15, -0.1) is 0 Å². The third-order valence-electron chi connectivity index (χ3n) is 5.55. The van der Waals surface area contributed by atoms with Gasteiger partial charge in [-0.1, -0.05) is 18.6 Å². The molecule has 170 valence electrons. The lowest BCUT2D eigenvalue weighted by Gasteiger charge is -2.31. The molecule has 2 heterocycles. The molecule has 10 heteroatoms. The van der Waals surface area contributed by atoms with E-state index in [1.807, 2.05) is 0 Å². The molecule has 0 spiro atoms. The number of Topliss-reactive ketones (excluding diaryl/α,β-unsaturated/α-hetero) is 2. The number of rotatable bonds is 5. The minimum atomic E-state index is -1.64. The molecule has 3 rings (SSSR count). The minimum Gasteiger partial charge on any atom is -0.350 e. The van der Waals surface area contributed by atoms with Crippen molar-refractivity contribution < 1.29 is 28.4 Å². The molecule has 9 nitrogen and oxygen atoms in total. The Bertz CT molecular complexity index is 1020. The molecule has 1 aromatic rings. The number of carbonyl (C=O) groups excluding carboxylic acids is 5. The normalized spacial score (nSPS) is 20.8. The maximum atomic E-state index is 13.4. The van der Waals surface area contributed by atoms with E-state index in [9.17, 15) is 28.4 Å². The molecule has 1 saturated heterocycles. The molecule has 3 amide bonds. The second kappa shape index (κ2) is 9.37. The van der Waals surface area contributed by atoms with Crippen molar-refractivity contribution in [2.75, 3.05) is 20.6 Å². The molecule has 1 fully saturated rings. The van der Waals surface area contributed by atoms with E-state index in [0.29, 0.717) is 30.4 Å². The van der Waals surface area contributed by atoms with Crippen molar-refractivity contribution in [2.24, 2.45) is 10.9 Å². The summed E-state index contributed by atoms with van der Waals surface area (Å²) in [5.74, 6) is -5.56. The lowest BCUT2D eigenvalue weighted by molar-refractivity contribution is -0.146. The fraction of sp³-hybridized carbons (Fsp3) is 0.455. The number of hydrogen-bond acceptors (Lipinski definition) is 6. The van der Waals surface area contributed by atoms with Gasteiger partial charge < -0.3 is 10.2 Å². The monoisotopic (exact) mass is 444 g/mol. The highest BCUT2D eigenvalue weighted by atomic mass is 19.1. The highest BCUT2D eigenvalue weighted by molar-refractivity contribution is 6.48. The molecule has 1 aromatic carbocycles. The van der Waals surface area contributed by atoms with Crippen molar-refractivity contribution in [1.82, 2.24) is 15.1 Å². The van der Waals surface area contributed by atoms with Crippen molar-refractivity contribution >= 4 is 35.1 Å². The molecule has 0 aromatic heterocycles. The summed E-state index contributed by atoms with van der Waals surface area (Å²) in [6.45, 7) is 1.78. The van der Waals surface area contributed by atoms with Gasteiger partial charge in [0.15, 0.2) is 6.04 Å². The number of aryl methyl sites for hydroxylation is 1. The zero-order valence-corrected chi connectivity index (χ0v) is 18.2. The lowest BCUT2D eigenvalue weighted by atomic mass is 9.94. The first-order chi connectivity index (χ1) is 15.1. The van der Waals surface area contributed by atoms with E-state index < -0.39 is 41.2 Å². The minimum absolute atomic E-state index is 0.00790. The molecular formula is C22H25FN4O5. The first-order valence-corrected chi connectivity index (χ1v) is 10.3. The average Bonchev–Trinajstić information content (AvgIpc) is 2.98. The Morgan fingerprint density at radius 1 is 1.22 bits per heavy atom. The molecule has 2 unspecified atom stereocenters. The van der Waals surface area contributed by atoms with Gasteiger partial charge in [0.25, 0.3) is 23.5 Å². The van der Waals surface area contributed by atoms with Crippen LogP contribution in [0, 0.1) is 18.7 Å². The molecule has 2 aliphatic rings. The third kappa shape index (κ3) is 4.58. The summed E-state index contributed by atoms with van der Waals surface area (Å²) >= 11 is 0. The number of halogens is 1. The van der Waals surface area contributed by atoms with Gasteiger partial charge in [-0.25, -0.2) is 9.38 Å². The Kier molecular flexibility index (Phi) is 6.81. The topological polar surface area (TPSA) is 116 Å². The third-order valence-corrected chi connectivity index (χ3v) is 5.55. The van der Waals surface area contributed by atoms with Crippen LogP contribution in [0.25, 0.3) is 0 Å². The smallest absolute Gasteiger partial charge is 0.298 e. The van der Waals surface area contributed by atoms with Crippen LogP contribution in [0.1, 0.15) is 30.4 Å². The van der Waals surface area contributed by atoms with Crippen LogP contribution in [0.15, 0.2) is 23.2 Å². The number of amidine groups is 1. The van der Waals surface area contributed by atoms with Crippen LogP contribution in [-0.2, 0) is 30.5 Å². The molecule has 32 heavy (non-hydrogen) atoms. The van der Waals surface area contributed by atoms with E-state index >= 15 is 0 Å². The number of nitrogens with zero attached hydrogens (tertiary/aromatic N) is 3. The number of fused-ring (bicyclic) bond motifs is 1. The Labute approximate surface area is 184 Å². The first-order valence-electron chi connectivity index (χ1n) is 10.3. The van der Waals surface area contributed by atoms with Crippen LogP contribution in [0.5, 0.6) is 0 Å². The molecule has 0 bridgehead atoms. The molecule has 0 saturated carbocycles. The Morgan fingerprint density at radius 2 is 1.94 bits per heavy atom. The van der Waals surface area contributed by atoms with Crippen LogP contribution in [0.3, 0.4) is 0 Å². The standard InChI is InChI=1S/C22H25FN4O5/c1-12-10-13(7-8-15(12)23)11-24-20(30)16-18(29)22(32)27-9-5-4-6-14(19(27)25-16)17(28)21(31)26(2)3/h7-8,10,14,16H,4-6,9,11H2,1-3H3,(H,24,30). The van der Waals surface area contributed by atoms with E-state index in [2.05, 4.69) is 10.3 Å². The van der Waals surface area contributed by atoms with Crippen molar-refractivity contribution in [3.05, 3.63) is 35.1 Å². The Morgan fingerprint density at radius 3 is 2.59 bits per heavy atom. The quantitative estimate of drug-likeness (QED) is 0.521. The maximum Gasteiger partial charge on any atom is 0.298 e. The van der Waals surface area contributed by atoms with Crippen LogP contribution in [0.2, 0.25) is 0 Å². The molecule has 0 radical (unpaired) electrons. The predicted molar refractivity (Wildman–Crippen MR) is 112 cm³/mol. The van der Waals surface area contributed by atoms with Gasteiger partial charge in [-0.3, -0.25) is 28.9 Å². The van der Waals surface area contributed by atoms with Crippen molar-refractivity contribution in [3.63, 3.8) is 0 Å². The molecular weight excluding hydrogens is 419 g/mol. The zero-order valence-electron chi connectivity index (χ0n) is 18.2. The molecule has 2 aliphatic heterocycles. The first kappa shape index (κ1) is 23.2. The van der Waals surface area contributed by atoms with Crippen molar-refractivity contribution in [1.29, 1.82) is 0 Å². The molecule has 1 N–H and O–H groups in total. The number of nitrogens with one attached hydrogen (secondary N) is 1. The number of aliphatic imine (C=N–C) groups is 1. The van der Waals surface area contributed by atoms with Gasteiger partial charge >= 0.3 is 0 Å². The van der Waals surface area contributed by atoms with Crippen molar-refractivity contribution in [2.45, 2.75) is 38.8 Å². The van der Waals surface area contributed by atoms with E-state index in [-0.39, 0.29) is 24.7 Å². The van der Waals surface area contributed by atoms with E-state index in [1.165, 1.54) is 26.2 Å². The average molecular weight is 444 g/mol. The van der Waals surface area contributed by atoms with Crippen LogP contribution >= 0.6 is 0 Å². The number of carbonyl (C=O) groups is 5. The van der Waals surface area contributed by atoms with Gasteiger partial charge in [-0.05, 0) is 37.0 Å². The highest BCUT2D eigenvalue weighted by Gasteiger charge is 2.46. The van der Waals surface area contributed by atoms with Crippen molar-refractivity contribution in [3.8, 4) is 0 Å². The fourth-order valence-corrected chi connectivity index (χ4v) is 3.75. The second-order valence-electron chi connectivity index (χ2n) is 8.12. The van der Waals surface area contributed by atoms with Gasteiger partial charge in [0.1, 0.15) is 11.7 Å². The van der Waals surface area contributed by atoms with E-state index in [0.717, 1.165) is 9.80 Å². The van der Waals surface area contributed by atoms with Gasteiger partial charge in [0, 0.05) is 27.2 Å². The number of benzene rings is 1. The van der Waals surface area contributed by atoms with Gasteiger partial charge in [0.2, 0.25) is 5.78 Å². The highest BCUT2D eigenvalue weighted by Crippen LogP contribution is 2.25. The SMILES string of the molecule is Cc1cc(CNC(=O)C2N=C3C(C(=O)C(=O)N(C)C)CCCCN3C(=O)C2=O)ccc1F. The lowest BCUT2D eigenvalue weighted by Crippen LogP contribution is -2.56. The van der Waals surface area contributed by atoms with Crippen LogP contribution in [-0.4, -0.2) is 71.6 Å². The molecule has 0 aliphatic carbocycles. The van der Waals surface area contributed by atoms with Crippen LogP contribution < -0.4 is 5.32 Å². The largest absolute Gasteiger partial charge is 0.350 e. The molecule has 2 atom stereocenters. The van der Waals surface area contributed by atoms with Gasteiger partial charge in [-0.2, -0.15) is 0 Å². The summed E-state index contributed by atoms with van der Waals surface area (Å²) in [4.78, 5) is 69.5. The van der Waals surface area contributed by atoms with E-state index in [1.54, 1.807) is 13.0 Å². The second-order valence-corrected chi connectivity index (χ2v) is 8.12. The summed E-state index contributed by atoms with van der Waals surface area (Å²) in [7, 11) is 2.89. The fourth-order valence-electron chi connectivity index (χ4n) is 3.75. The summed E-state index contributed by atoms with van der Waals surface area (Å²) in [5.41, 5.74) is 1.02. The maximum absolute atomic E-state index is 13.4. The number of ketones is 2. The number of hydrogen-bond donors (Lipinski definition) is 1. The summed E-state index contributed by atoms with van der Waals surface area (Å²) in [6.07, 6.45) is 1.39. The Balaban J connectivity index is 1.86. The predicted octanol–water partition coefficient (Wildman–Crippen LogP) is 0.386. The number of likely N-dealkylation sites (N-methyl/N-ethyl adjacent to an activating group) is 1. The summed E-state index contributed by atoms with van der Waals surface area (Å²) in [6, 6.07) is 2.69. The number of amides is 3. The summed E-state index contributed by atoms with van der Waals surface area (Å²) in [5, 5.41) is 2.54. The van der Waals surface area contributed by atoms with Gasteiger partial charge in [0.05, 0.1) is 5.92 Å². The summed E-state index contributed by atoms with van der Waals surface area (Å²) < 4.78 is 13.4. The van der Waals surface area contributed by atoms with Crippen LogP contribution in [0.4, 0.5) is 4.39 Å².